The molecule has 3 heteroatoms. The maximum absolute atomic E-state index is 5.78. The fourth-order valence-corrected chi connectivity index (χ4v) is 1.73. The second-order valence-electron chi connectivity index (χ2n) is 3.03. The van der Waals surface area contributed by atoms with Gasteiger partial charge in [-0.25, -0.2) is 4.98 Å². The Morgan fingerprint density at radius 3 is 3.08 bits per heavy atom. The monoisotopic (exact) mass is 182 g/mol. The molecule has 2 rings (SSSR count). The van der Waals surface area contributed by atoms with Gasteiger partial charge in [-0.1, -0.05) is 17.7 Å². The quantitative estimate of drug-likeness (QED) is 0.674. The predicted molar refractivity (Wildman–Crippen MR) is 49.2 cm³/mol. The molecule has 1 aromatic rings. The van der Waals surface area contributed by atoms with E-state index < -0.39 is 0 Å². The van der Waals surface area contributed by atoms with Gasteiger partial charge in [0.25, 0.3) is 0 Å². The van der Waals surface area contributed by atoms with E-state index in [2.05, 4.69) is 10.3 Å². The summed E-state index contributed by atoms with van der Waals surface area (Å²) in [5, 5.41) is 3.96. The summed E-state index contributed by atoms with van der Waals surface area (Å²) in [5.41, 5.74) is 1.07. The molecule has 2 nitrogen and oxygen atoms in total. The van der Waals surface area contributed by atoms with Gasteiger partial charge >= 0.3 is 0 Å². The van der Waals surface area contributed by atoms with E-state index in [1.165, 1.54) is 12.8 Å². The van der Waals surface area contributed by atoms with E-state index in [1.807, 2.05) is 12.1 Å². The van der Waals surface area contributed by atoms with Crippen molar-refractivity contribution in [3.63, 3.8) is 0 Å². The van der Waals surface area contributed by atoms with E-state index >= 15 is 0 Å². The third kappa shape index (κ3) is 1.59. The number of hydrogen-bond donors (Lipinski definition) is 1. The van der Waals surface area contributed by atoms with Gasteiger partial charge in [0, 0.05) is 6.04 Å². The van der Waals surface area contributed by atoms with Crippen molar-refractivity contribution in [2.45, 2.75) is 18.9 Å². The summed E-state index contributed by atoms with van der Waals surface area (Å²) in [6.07, 6.45) is 2.41. The van der Waals surface area contributed by atoms with E-state index in [4.69, 9.17) is 11.6 Å². The number of hydrogen-bond acceptors (Lipinski definition) is 2. The van der Waals surface area contributed by atoms with E-state index in [1.54, 1.807) is 6.07 Å². The Labute approximate surface area is 77.0 Å². The van der Waals surface area contributed by atoms with Crippen LogP contribution in [0.2, 0.25) is 5.15 Å². The second kappa shape index (κ2) is 3.42. The maximum atomic E-state index is 5.78. The van der Waals surface area contributed by atoms with Crippen LogP contribution >= 0.6 is 11.6 Å². The van der Waals surface area contributed by atoms with Gasteiger partial charge in [0.1, 0.15) is 5.15 Å². The summed E-state index contributed by atoms with van der Waals surface area (Å²) < 4.78 is 0. The van der Waals surface area contributed by atoms with Crippen LogP contribution in [0, 0.1) is 0 Å². The summed E-state index contributed by atoms with van der Waals surface area (Å²) in [4.78, 5) is 4.26. The summed E-state index contributed by atoms with van der Waals surface area (Å²) in [5.74, 6) is 0. The molecular formula is C9H11ClN2. The lowest BCUT2D eigenvalue weighted by atomic mass is 10.1. The van der Waals surface area contributed by atoms with Crippen molar-refractivity contribution in [1.29, 1.82) is 0 Å². The molecule has 1 atom stereocenters. The summed E-state index contributed by atoms with van der Waals surface area (Å²) >= 11 is 5.78. The minimum absolute atomic E-state index is 0.420. The molecule has 1 N–H and O–H groups in total. The number of halogens is 1. The van der Waals surface area contributed by atoms with Crippen LogP contribution in [0.25, 0.3) is 0 Å². The van der Waals surface area contributed by atoms with Crippen molar-refractivity contribution in [3.8, 4) is 0 Å². The van der Waals surface area contributed by atoms with Gasteiger partial charge in [-0.2, -0.15) is 0 Å². The second-order valence-corrected chi connectivity index (χ2v) is 3.42. The van der Waals surface area contributed by atoms with Crippen molar-refractivity contribution in [3.05, 3.63) is 29.0 Å². The highest BCUT2D eigenvalue weighted by Gasteiger charge is 2.16. The molecule has 64 valence electrons. The fraction of sp³-hybridized carbons (Fsp3) is 0.444. The van der Waals surface area contributed by atoms with Crippen LogP contribution in [0.4, 0.5) is 0 Å². The zero-order chi connectivity index (χ0) is 8.39. The molecule has 0 saturated carbocycles. The molecule has 2 heterocycles. The van der Waals surface area contributed by atoms with E-state index in [0.29, 0.717) is 11.2 Å². The lowest BCUT2D eigenvalue weighted by molar-refractivity contribution is 0.628. The molecule has 12 heavy (non-hydrogen) atoms. The van der Waals surface area contributed by atoms with Crippen LogP contribution in [-0.4, -0.2) is 11.5 Å². The fourth-order valence-electron chi connectivity index (χ4n) is 1.56. The minimum Gasteiger partial charge on any atom is -0.309 e. The van der Waals surface area contributed by atoms with Gasteiger partial charge in [0.2, 0.25) is 0 Å². The van der Waals surface area contributed by atoms with Crippen LogP contribution < -0.4 is 5.32 Å². The lowest BCUT2D eigenvalue weighted by Gasteiger charge is -2.08. The Balaban J connectivity index is 2.21. The Morgan fingerprint density at radius 1 is 1.50 bits per heavy atom. The molecule has 0 unspecified atom stereocenters. The lowest BCUT2D eigenvalue weighted by Crippen LogP contribution is -2.13. The third-order valence-corrected chi connectivity index (χ3v) is 2.36. The Bertz CT molecular complexity index is 269. The smallest absolute Gasteiger partial charge is 0.129 e. The molecule has 0 amide bonds. The third-order valence-electron chi connectivity index (χ3n) is 2.15. The minimum atomic E-state index is 0.420. The number of nitrogens with one attached hydrogen (secondary N) is 1. The molecule has 0 spiro atoms. The van der Waals surface area contributed by atoms with Crippen molar-refractivity contribution < 1.29 is 0 Å². The number of aromatic nitrogens is 1. The zero-order valence-electron chi connectivity index (χ0n) is 6.76. The van der Waals surface area contributed by atoms with Crippen molar-refractivity contribution in [1.82, 2.24) is 10.3 Å². The average Bonchev–Trinajstić information content (AvgIpc) is 2.56. The number of pyridine rings is 1. The van der Waals surface area contributed by atoms with E-state index in [-0.39, 0.29) is 0 Å². The van der Waals surface area contributed by atoms with Gasteiger partial charge in [-0.15, -0.1) is 0 Å². The topological polar surface area (TPSA) is 24.9 Å². The number of nitrogens with zero attached hydrogens (tertiary/aromatic N) is 1. The van der Waals surface area contributed by atoms with Crippen LogP contribution in [0.15, 0.2) is 18.2 Å². The van der Waals surface area contributed by atoms with Gasteiger partial charge in [0.05, 0.1) is 5.69 Å². The molecule has 1 aliphatic heterocycles. The first kappa shape index (κ1) is 8.02. The van der Waals surface area contributed by atoms with Gasteiger partial charge < -0.3 is 5.32 Å². The summed E-state index contributed by atoms with van der Waals surface area (Å²) in [6.45, 7) is 1.10. The standard InChI is InChI=1S/C9H11ClN2/c10-9-5-1-3-8(12-9)7-4-2-6-11-7/h1,3,5,7,11H,2,4,6H2/t7-/m0/s1. The van der Waals surface area contributed by atoms with E-state index in [9.17, 15) is 0 Å². The van der Waals surface area contributed by atoms with Crippen LogP contribution in [0.1, 0.15) is 24.6 Å². The highest BCUT2D eigenvalue weighted by atomic mass is 35.5. The van der Waals surface area contributed by atoms with Crippen molar-refractivity contribution >= 4 is 11.6 Å². The van der Waals surface area contributed by atoms with Gasteiger partial charge in [-0.3, -0.25) is 0 Å². The Hall–Kier alpha value is -0.600. The molecule has 1 aromatic heterocycles. The Morgan fingerprint density at radius 2 is 2.42 bits per heavy atom. The van der Waals surface area contributed by atoms with Gasteiger partial charge in [0.15, 0.2) is 0 Å². The zero-order valence-corrected chi connectivity index (χ0v) is 7.51. The Kier molecular flexibility index (Phi) is 2.28. The van der Waals surface area contributed by atoms with Crippen LogP contribution in [-0.2, 0) is 0 Å². The highest BCUT2D eigenvalue weighted by Crippen LogP contribution is 2.21. The summed E-state index contributed by atoms with van der Waals surface area (Å²) in [6, 6.07) is 6.20. The molecule has 0 radical (unpaired) electrons. The molecule has 0 bridgehead atoms. The predicted octanol–water partition coefficient (Wildman–Crippen LogP) is 2.16. The molecule has 0 aromatic carbocycles. The van der Waals surface area contributed by atoms with Crippen molar-refractivity contribution in [2.24, 2.45) is 0 Å². The molecule has 1 aliphatic rings. The molecule has 1 saturated heterocycles. The largest absolute Gasteiger partial charge is 0.309 e. The first-order valence-electron chi connectivity index (χ1n) is 4.22. The van der Waals surface area contributed by atoms with Crippen LogP contribution in [0.3, 0.4) is 0 Å². The first-order valence-corrected chi connectivity index (χ1v) is 4.60. The first-order chi connectivity index (χ1) is 5.86. The highest BCUT2D eigenvalue weighted by molar-refractivity contribution is 6.29. The van der Waals surface area contributed by atoms with E-state index in [0.717, 1.165) is 12.2 Å². The SMILES string of the molecule is Clc1cccc([C@@H]2CCCN2)n1. The molecule has 1 fully saturated rings. The van der Waals surface area contributed by atoms with Crippen molar-refractivity contribution in [2.75, 3.05) is 6.54 Å². The summed E-state index contributed by atoms with van der Waals surface area (Å²) in [7, 11) is 0. The molecule has 0 aliphatic carbocycles. The average molecular weight is 183 g/mol. The molecular weight excluding hydrogens is 172 g/mol. The van der Waals surface area contributed by atoms with Crippen LogP contribution in [0.5, 0.6) is 0 Å². The number of rotatable bonds is 1. The maximum Gasteiger partial charge on any atom is 0.129 e. The normalized spacial score (nSPS) is 22.9. The van der Waals surface area contributed by atoms with Gasteiger partial charge in [-0.05, 0) is 31.5 Å².